The van der Waals surface area contributed by atoms with E-state index in [1.807, 2.05) is 36.4 Å². The van der Waals surface area contributed by atoms with Gasteiger partial charge < -0.3 is 4.74 Å². The van der Waals surface area contributed by atoms with Crippen LogP contribution in [0.3, 0.4) is 0 Å². The van der Waals surface area contributed by atoms with Crippen molar-refractivity contribution in [3.63, 3.8) is 0 Å². The molecule has 1 aliphatic heterocycles. The van der Waals surface area contributed by atoms with Crippen LogP contribution in [0.5, 0.6) is 0 Å². The molecule has 0 bridgehead atoms. The standard InChI is InChI=1S/C31H29Cl2N3O5S/c1-35(2)42(39,40)26-7-3-6-23(18-26)31(38)41-19-28(37)36-30(21-11-15-25(33)16-12-21)27-8-4-5-22(29(27)34-36)17-20-9-13-24(32)14-10-20/h3,6-7,9-18,27,30H,4-5,8,19H2,1-2H3. The molecule has 3 aromatic rings. The Labute approximate surface area is 255 Å². The Hall–Kier alpha value is -3.50. The van der Waals surface area contributed by atoms with Gasteiger partial charge in [0.1, 0.15) is 0 Å². The molecular weight excluding hydrogens is 597 g/mol. The van der Waals surface area contributed by atoms with E-state index in [1.54, 1.807) is 12.1 Å². The van der Waals surface area contributed by atoms with Crippen molar-refractivity contribution in [2.24, 2.45) is 11.0 Å². The minimum absolute atomic E-state index is 0.0227. The minimum Gasteiger partial charge on any atom is -0.452 e. The number of hydrogen-bond acceptors (Lipinski definition) is 6. The highest BCUT2D eigenvalue weighted by Crippen LogP contribution is 2.44. The zero-order valence-electron chi connectivity index (χ0n) is 23.0. The molecule has 3 aromatic carbocycles. The number of rotatable bonds is 7. The summed E-state index contributed by atoms with van der Waals surface area (Å²) in [5.41, 5.74) is 3.75. The molecule has 42 heavy (non-hydrogen) atoms. The van der Waals surface area contributed by atoms with E-state index < -0.39 is 34.5 Å². The van der Waals surface area contributed by atoms with Gasteiger partial charge in [0.05, 0.1) is 22.2 Å². The predicted molar refractivity (Wildman–Crippen MR) is 163 cm³/mol. The lowest BCUT2D eigenvalue weighted by molar-refractivity contribution is -0.137. The number of nitrogens with zero attached hydrogens (tertiary/aromatic N) is 3. The zero-order valence-corrected chi connectivity index (χ0v) is 25.4. The number of fused-ring (bicyclic) bond motifs is 1. The summed E-state index contributed by atoms with van der Waals surface area (Å²) < 4.78 is 31.4. The second-order valence-corrected chi connectivity index (χ2v) is 13.4. The summed E-state index contributed by atoms with van der Waals surface area (Å²) in [6.45, 7) is -0.562. The molecule has 1 saturated carbocycles. The second kappa shape index (κ2) is 12.4. The van der Waals surface area contributed by atoms with Crippen LogP contribution in [-0.4, -0.2) is 56.0 Å². The lowest BCUT2D eigenvalue weighted by atomic mass is 9.77. The van der Waals surface area contributed by atoms with E-state index in [0.717, 1.165) is 46.0 Å². The summed E-state index contributed by atoms with van der Waals surface area (Å²) in [7, 11) is -0.941. The SMILES string of the molecule is CN(C)S(=O)(=O)c1cccc(C(=O)OCC(=O)N2N=C3C(=Cc4ccc(Cl)cc4)CCCC3C2c2ccc(Cl)cc2)c1. The van der Waals surface area contributed by atoms with Crippen LogP contribution in [0.15, 0.2) is 88.4 Å². The molecule has 2 aliphatic rings. The number of hydrazone groups is 1. The van der Waals surface area contributed by atoms with Gasteiger partial charge in [-0.05, 0) is 84.5 Å². The summed E-state index contributed by atoms with van der Waals surface area (Å²) in [4.78, 5) is 26.4. The number of benzene rings is 3. The highest BCUT2D eigenvalue weighted by atomic mass is 35.5. The molecular formula is C31H29Cl2N3O5S. The third kappa shape index (κ3) is 6.29. The molecule has 218 valence electrons. The molecule has 1 amide bonds. The first-order valence-corrected chi connectivity index (χ1v) is 15.6. The van der Waals surface area contributed by atoms with Crippen molar-refractivity contribution in [2.45, 2.75) is 30.2 Å². The average Bonchev–Trinajstić information content (AvgIpc) is 3.38. The summed E-state index contributed by atoms with van der Waals surface area (Å²) in [5.74, 6) is -1.35. The van der Waals surface area contributed by atoms with Gasteiger partial charge in [0, 0.05) is 30.1 Å². The van der Waals surface area contributed by atoms with Gasteiger partial charge in [0.15, 0.2) is 6.61 Å². The van der Waals surface area contributed by atoms with Crippen LogP contribution >= 0.6 is 23.2 Å². The smallest absolute Gasteiger partial charge is 0.338 e. The van der Waals surface area contributed by atoms with Crippen LogP contribution in [-0.2, 0) is 19.6 Å². The lowest BCUT2D eigenvalue weighted by Crippen LogP contribution is -2.34. The maximum atomic E-state index is 13.6. The number of allylic oxidation sites excluding steroid dienone is 1. The Morgan fingerprint density at radius 2 is 1.69 bits per heavy atom. The van der Waals surface area contributed by atoms with Crippen LogP contribution in [0, 0.1) is 5.92 Å². The van der Waals surface area contributed by atoms with Gasteiger partial charge in [-0.15, -0.1) is 0 Å². The summed E-state index contributed by atoms with van der Waals surface area (Å²) in [6, 6.07) is 20.0. The normalized spacial score (nSPS) is 19.5. The molecule has 1 aliphatic carbocycles. The van der Waals surface area contributed by atoms with E-state index in [9.17, 15) is 18.0 Å². The Morgan fingerprint density at radius 3 is 2.36 bits per heavy atom. The second-order valence-electron chi connectivity index (χ2n) is 10.3. The molecule has 0 N–H and O–H groups in total. The average molecular weight is 627 g/mol. The van der Waals surface area contributed by atoms with Crippen LogP contribution in [0.4, 0.5) is 0 Å². The van der Waals surface area contributed by atoms with Crippen molar-refractivity contribution in [2.75, 3.05) is 20.7 Å². The van der Waals surface area contributed by atoms with Gasteiger partial charge in [0.2, 0.25) is 10.0 Å². The molecule has 0 spiro atoms. The first kappa shape index (κ1) is 30.0. The van der Waals surface area contributed by atoms with Gasteiger partial charge in [0.25, 0.3) is 5.91 Å². The fourth-order valence-electron chi connectivity index (χ4n) is 5.23. The molecule has 0 aromatic heterocycles. The number of hydrogen-bond donors (Lipinski definition) is 0. The van der Waals surface area contributed by atoms with E-state index in [-0.39, 0.29) is 16.4 Å². The predicted octanol–water partition coefficient (Wildman–Crippen LogP) is 6.22. The number of carbonyl (C=O) groups is 2. The zero-order chi connectivity index (χ0) is 30.0. The monoisotopic (exact) mass is 625 g/mol. The quantitative estimate of drug-likeness (QED) is 0.290. The van der Waals surface area contributed by atoms with E-state index in [1.165, 1.54) is 43.4 Å². The first-order chi connectivity index (χ1) is 20.0. The van der Waals surface area contributed by atoms with Crippen molar-refractivity contribution in [3.8, 4) is 0 Å². The molecule has 0 saturated heterocycles. The number of ether oxygens (including phenoxy) is 1. The molecule has 2 unspecified atom stereocenters. The number of halogens is 2. The fraction of sp³-hybridized carbons (Fsp3) is 0.258. The summed E-state index contributed by atoms with van der Waals surface area (Å²) >= 11 is 12.2. The van der Waals surface area contributed by atoms with Crippen LogP contribution in [0.25, 0.3) is 6.08 Å². The molecule has 5 rings (SSSR count). The van der Waals surface area contributed by atoms with Crippen molar-refractivity contribution in [1.29, 1.82) is 0 Å². The largest absolute Gasteiger partial charge is 0.452 e. The summed E-state index contributed by atoms with van der Waals surface area (Å²) in [6.07, 6.45) is 4.65. The number of carbonyl (C=O) groups excluding carboxylic acids is 2. The Morgan fingerprint density at radius 1 is 1.02 bits per heavy atom. The van der Waals surface area contributed by atoms with Gasteiger partial charge in [-0.25, -0.2) is 22.5 Å². The van der Waals surface area contributed by atoms with Crippen molar-refractivity contribution in [1.82, 2.24) is 9.31 Å². The van der Waals surface area contributed by atoms with E-state index in [0.29, 0.717) is 10.0 Å². The van der Waals surface area contributed by atoms with E-state index >= 15 is 0 Å². The number of esters is 1. The van der Waals surface area contributed by atoms with E-state index in [4.69, 9.17) is 33.0 Å². The Bertz CT molecular complexity index is 1670. The number of amides is 1. The number of sulfonamides is 1. The molecule has 8 nitrogen and oxygen atoms in total. The van der Waals surface area contributed by atoms with Crippen molar-refractivity contribution in [3.05, 3.63) is 105 Å². The van der Waals surface area contributed by atoms with Crippen LogP contribution < -0.4 is 0 Å². The van der Waals surface area contributed by atoms with Crippen molar-refractivity contribution >= 4 is 56.9 Å². The maximum Gasteiger partial charge on any atom is 0.338 e. The van der Waals surface area contributed by atoms with Gasteiger partial charge >= 0.3 is 5.97 Å². The first-order valence-electron chi connectivity index (χ1n) is 13.4. The van der Waals surface area contributed by atoms with Crippen LogP contribution in [0.1, 0.15) is 46.8 Å². The third-order valence-corrected chi connectivity index (χ3v) is 9.67. The third-order valence-electron chi connectivity index (χ3n) is 7.35. The fourth-order valence-corrected chi connectivity index (χ4v) is 6.43. The maximum absolute atomic E-state index is 13.6. The molecule has 1 fully saturated rings. The van der Waals surface area contributed by atoms with Crippen LogP contribution in [0.2, 0.25) is 10.0 Å². The van der Waals surface area contributed by atoms with Gasteiger partial charge in [-0.1, -0.05) is 53.5 Å². The summed E-state index contributed by atoms with van der Waals surface area (Å²) in [5, 5.41) is 7.43. The molecule has 1 heterocycles. The minimum atomic E-state index is -3.75. The van der Waals surface area contributed by atoms with E-state index in [2.05, 4.69) is 6.08 Å². The lowest BCUT2D eigenvalue weighted by Gasteiger charge is -2.29. The topological polar surface area (TPSA) is 96.3 Å². The van der Waals surface area contributed by atoms with Gasteiger partial charge in [-0.3, -0.25) is 4.79 Å². The Balaban J connectivity index is 1.41. The molecule has 2 atom stereocenters. The van der Waals surface area contributed by atoms with Gasteiger partial charge in [-0.2, -0.15) is 5.10 Å². The highest BCUT2D eigenvalue weighted by molar-refractivity contribution is 7.89. The molecule has 0 radical (unpaired) electrons. The van der Waals surface area contributed by atoms with Crippen molar-refractivity contribution < 1.29 is 22.7 Å². The highest BCUT2D eigenvalue weighted by Gasteiger charge is 2.43. The molecule has 11 heteroatoms. The Kier molecular flexibility index (Phi) is 8.84.